The molecule has 0 bridgehead atoms. The first-order valence-corrected chi connectivity index (χ1v) is 8.68. The van der Waals surface area contributed by atoms with E-state index in [1.165, 1.54) is 19.3 Å². The number of ether oxygens (including phenoxy) is 1. The molecule has 1 aromatic rings. The molecule has 0 unspecified atom stereocenters. The Labute approximate surface area is 142 Å². The molecule has 1 saturated heterocycles. The molecule has 0 aromatic heterocycles. The average Bonchev–Trinajstić information content (AvgIpc) is 2.72. The lowest BCUT2D eigenvalue weighted by atomic mass is 9.91. The number of hydrogen-bond acceptors (Lipinski definition) is 3. The summed E-state index contributed by atoms with van der Waals surface area (Å²) in [5.74, 6) is 0.619. The molecular weight excluding hydrogens is 314 g/mol. The third-order valence-electron chi connectivity index (χ3n) is 4.81. The highest BCUT2D eigenvalue weighted by molar-refractivity contribution is 6.31. The summed E-state index contributed by atoms with van der Waals surface area (Å²) < 4.78 is 5.28. The van der Waals surface area contributed by atoms with E-state index in [0.717, 1.165) is 38.6 Å². The first kappa shape index (κ1) is 16.4. The first-order chi connectivity index (χ1) is 11.2. The second-order valence-electron chi connectivity index (χ2n) is 6.24. The molecule has 1 aromatic carbocycles. The van der Waals surface area contributed by atoms with Gasteiger partial charge >= 0.3 is 6.03 Å². The fraction of sp³-hybridized carbons (Fsp3) is 0.588. The Morgan fingerprint density at radius 1 is 1.22 bits per heavy atom. The van der Waals surface area contributed by atoms with Gasteiger partial charge in [-0.05, 0) is 37.5 Å². The van der Waals surface area contributed by atoms with E-state index in [-0.39, 0.29) is 6.03 Å². The second-order valence-corrected chi connectivity index (χ2v) is 6.67. The van der Waals surface area contributed by atoms with Gasteiger partial charge in [0.2, 0.25) is 0 Å². The predicted molar refractivity (Wildman–Crippen MR) is 92.4 cm³/mol. The number of amides is 2. The Hall–Kier alpha value is -1.46. The van der Waals surface area contributed by atoms with Crippen LogP contribution >= 0.6 is 11.6 Å². The lowest BCUT2D eigenvalue weighted by Crippen LogP contribution is -2.43. The van der Waals surface area contributed by atoms with Crippen LogP contribution in [-0.2, 0) is 0 Å². The summed E-state index contributed by atoms with van der Waals surface area (Å²) in [5, 5.41) is 3.51. The van der Waals surface area contributed by atoms with Crippen molar-refractivity contribution in [3.8, 4) is 5.75 Å². The smallest absolute Gasteiger partial charge is 0.321 e. The molecule has 2 amide bonds. The minimum Gasteiger partial charge on any atom is -0.495 e. The average molecular weight is 338 g/mol. The summed E-state index contributed by atoms with van der Waals surface area (Å²) in [6, 6.07) is 5.89. The number of carbonyl (C=O) groups excluding carboxylic acids is 1. The largest absolute Gasteiger partial charge is 0.495 e. The number of methoxy groups -OCH3 is 1. The fourth-order valence-corrected chi connectivity index (χ4v) is 3.40. The van der Waals surface area contributed by atoms with Crippen LogP contribution in [0.4, 0.5) is 10.5 Å². The van der Waals surface area contributed by atoms with Crippen molar-refractivity contribution in [2.75, 3.05) is 38.6 Å². The number of halogens is 1. The van der Waals surface area contributed by atoms with Crippen molar-refractivity contribution in [2.24, 2.45) is 0 Å². The van der Waals surface area contributed by atoms with Crippen LogP contribution in [0, 0.1) is 0 Å². The number of carbonyl (C=O) groups is 1. The Bertz CT molecular complexity index is 563. The Morgan fingerprint density at radius 3 is 2.74 bits per heavy atom. The van der Waals surface area contributed by atoms with Crippen molar-refractivity contribution in [3.63, 3.8) is 0 Å². The maximum Gasteiger partial charge on any atom is 0.321 e. The molecule has 6 heteroatoms. The summed E-state index contributed by atoms with van der Waals surface area (Å²) in [6.07, 6.45) is 4.99. The van der Waals surface area contributed by atoms with Crippen LogP contribution < -0.4 is 10.1 Å². The van der Waals surface area contributed by atoms with Gasteiger partial charge in [0.25, 0.3) is 0 Å². The van der Waals surface area contributed by atoms with Gasteiger partial charge < -0.3 is 15.0 Å². The van der Waals surface area contributed by atoms with E-state index < -0.39 is 0 Å². The topological polar surface area (TPSA) is 44.8 Å². The van der Waals surface area contributed by atoms with E-state index in [9.17, 15) is 4.79 Å². The molecule has 126 valence electrons. The molecule has 0 radical (unpaired) electrons. The van der Waals surface area contributed by atoms with Crippen molar-refractivity contribution < 1.29 is 9.53 Å². The molecular formula is C17H24ClN3O2. The van der Waals surface area contributed by atoms with Crippen LogP contribution in [0.25, 0.3) is 0 Å². The van der Waals surface area contributed by atoms with Crippen LogP contribution in [0.15, 0.2) is 18.2 Å². The number of urea groups is 1. The van der Waals surface area contributed by atoms with E-state index in [4.69, 9.17) is 16.3 Å². The van der Waals surface area contributed by atoms with Crippen molar-refractivity contribution in [3.05, 3.63) is 23.2 Å². The molecule has 1 aliphatic carbocycles. The summed E-state index contributed by atoms with van der Waals surface area (Å²) in [5.41, 5.74) is 0.616. The number of rotatable bonds is 3. The van der Waals surface area contributed by atoms with E-state index in [1.807, 2.05) is 4.90 Å². The van der Waals surface area contributed by atoms with E-state index in [2.05, 4.69) is 10.2 Å². The van der Waals surface area contributed by atoms with Gasteiger partial charge in [-0.1, -0.05) is 18.0 Å². The predicted octanol–water partition coefficient (Wildman–Crippen LogP) is 3.44. The standard InChI is InChI=1S/C17H24ClN3O2/c1-23-16-7-6-13(18)12-15(16)19-17(22)21-9-3-8-20(10-11-21)14-4-2-5-14/h6-7,12,14H,2-5,8-11H2,1H3,(H,19,22). The number of anilines is 1. The van der Waals surface area contributed by atoms with Crippen molar-refractivity contribution in [2.45, 2.75) is 31.7 Å². The highest BCUT2D eigenvalue weighted by atomic mass is 35.5. The minimum absolute atomic E-state index is 0.0824. The number of nitrogens with one attached hydrogen (secondary N) is 1. The summed E-state index contributed by atoms with van der Waals surface area (Å²) in [7, 11) is 1.58. The maximum absolute atomic E-state index is 12.6. The van der Waals surface area contributed by atoms with Crippen LogP contribution in [0.1, 0.15) is 25.7 Å². The zero-order chi connectivity index (χ0) is 16.2. The van der Waals surface area contributed by atoms with Crippen LogP contribution in [0.2, 0.25) is 5.02 Å². The monoisotopic (exact) mass is 337 g/mol. The van der Waals surface area contributed by atoms with E-state index in [0.29, 0.717) is 16.5 Å². The van der Waals surface area contributed by atoms with Gasteiger partial charge in [-0.15, -0.1) is 0 Å². The fourth-order valence-electron chi connectivity index (χ4n) is 3.23. The molecule has 1 N–H and O–H groups in total. The van der Waals surface area contributed by atoms with Gasteiger partial charge in [0.15, 0.2) is 0 Å². The summed E-state index contributed by atoms with van der Waals surface area (Å²) >= 11 is 6.02. The molecule has 1 saturated carbocycles. The molecule has 0 atom stereocenters. The van der Waals surface area contributed by atoms with Gasteiger partial charge in [-0.2, -0.15) is 0 Å². The normalized spacial score (nSPS) is 19.8. The number of hydrogen-bond donors (Lipinski definition) is 1. The molecule has 1 aliphatic heterocycles. The maximum atomic E-state index is 12.6. The molecule has 5 nitrogen and oxygen atoms in total. The molecule has 1 heterocycles. The van der Waals surface area contributed by atoms with Crippen LogP contribution in [0.3, 0.4) is 0 Å². The zero-order valence-corrected chi connectivity index (χ0v) is 14.3. The Morgan fingerprint density at radius 2 is 2.04 bits per heavy atom. The van der Waals surface area contributed by atoms with Crippen molar-refractivity contribution >= 4 is 23.3 Å². The van der Waals surface area contributed by atoms with Gasteiger partial charge in [-0.3, -0.25) is 4.90 Å². The van der Waals surface area contributed by atoms with Gasteiger partial charge in [0.1, 0.15) is 5.75 Å². The van der Waals surface area contributed by atoms with Crippen LogP contribution in [-0.4, -0.2) is 55.2 Å². The van der Waals surface area contributed by atoms with Gasteiger partial charge in [-0.25, -0.2) is 4.79 Å². The summed E-state index contributed by atoms with van der Waals surface area (Å²) in [6.45, 7) is 3.61. The number of nitrogens with zero attached hydrogens (tertiary/aromatic N) is 2. The first-order valence-electron chi connectivity index (χ1n) is 8.31. The Kier molecular flexibility index (Phi) is 5.28. The third-order valence-corrected chi connectivity index (χ3v) is 5.05. The highest BCUT2D eigenvalue weighted by Gasteiger charge is 2.27. The molecule has 2 fully saturated rings. The van der Waals surface area contributed by atoms with Crippen LogP contribution in [0.5, 0.6) is 5.75 Å². The lowest BCUT2D eigenvalue weighted by molar-refractivity contribution is 0.132. The van der Waals surface area contributed by atoms with E-state index >= 15 is 0 Å². The van der Waals surface area contributed by atoms with E-state index in [1.54, 1.807) is 25.3 Å². The highest BCUT2D eigenvalue weighted by Crippen LogP contribution is 2.28. The number of benzene rings is 1. The summed E-state index contributed by atoms with van der Waals surface area (Å²) in [4.78, 5) is 17.0. The molecule has 3 rings (SSSR count). The second kappa shape index (κ2) is 7.41. The third kappa shape index (κ3) is 3.90. The molecule has 0 spiro atoms. The Balaban J connectivity index is 1.60. The van der Waals surface area contributed by atoms with Gasteiger partial charge in [0.05, 0.1) is 12.8 Å². The minimum atomic E-state index is -0.0824. The lowest BCUT2D eigenvalue weighted by Gasteiger charge is -2.36. The molecule has 23 heavy (non-hydrogen) atoms. The van der Waals surface area contributed by atoms with Gasteiger partial charge in [0, 0.05) is 37.2 Å². The quantitative estimate of drug-likeness (QED) is 0.919. The SMILES string of the molecule is COc1ccc(Cl)cc1NC(=O)N1CCCN(C2CCC2)CC1. The molecule has 2 aliphatic rings. The zero-order valence-electron chi connectivity index (χ0n) is 13.6. The van der Waals surface area contributed by atoms with Crippen molar-refractivity contribution in [1.82, 2.24) is 9.80 Å². The van der Waals surface area contributed by atoms with Crippen molar-refractivity contribution in [1.29, 1.82) is 0 Å².